The Bertz CT molecular complexity index is 689. The molecule has 1 aliphatic rings. The molecule has 0 amide bonds. The molecule has 0 saturated carbocycles. The Morgan fingerprint density at radius 1 is 1.14 bits per heavy atom. The molecule has 0 spiro atoms. The highest BCUT2D eigenvalue weighted by molar-refractivity contribution is 5.49. The van der Waals surface area contributed by atoms with Gasteiger partial charge in [-0.3, -0.25) is 0 Å². The predicted octanol–water partition coefficient (Wildman–Crippen LogP) is 1.74. The summed E-state index contributed by atoms with van der Waals surface area (Å²) in [6.07, 6.45) is 0.923. The van der Waals surface area contributed by atoms with Gasteiger partial charge >= 0.3 is 0 Å². The highest BCUT2D eigenvalue weighted by Crippen LogP contribution is 2.35. The summed E-state index contributed by atoms with van der Waals surface area (Å²) in [4.78, 5) is 0. The Kier molecular flexibility index (Phi) is 3.41. The van der Waals surface area contributed by atoms with Crippen molar-refractivity contribution < 1.29 is 15.5 Å². The predicted molar refractivity (Wildman–Crippen MR) is 81.7 cm³/mol. The van der Waals surface area contributed by atoms with E-state index in [-0.39, 0.29) is 17.5 Å². The standard InChI is InChI=1S/C17H22N2O2/c1-4-19-10(2)7-13(11(19)3)17-14-9-16(21)15(20)8-12(14)5-6-18-17/h7-9,17-18,20-21H,4-6H2,1-3H3/p+1/t17-/m1/s1. The quantitative estimate of drug-likeness (QED) is 0.737. The highest BCUT2D eigenvalue weighted by atomic mass is 16.3. The SMILES string of the molecule is CCn1c(C)cc([C@H]2[NH2+]CCc3cc(O)c(O)cc32)c1C. The second kappa shape index (κ2) is 5.11. The van der Waals surface area contributed by atoms with E-state index in [0.29, 0.717) is 0 Å². The van der Waals surface area contributed by atoms with Crippen LogP contribution in [0.1, 0.15) is 41.0 Å². The van der Waals surface area contributed by atoms with Gasteiger partial charge in [-0.1, -0.05) is 0 Å². The topological polar surface area (TPSA) is 62.0 Å². The van der Waals surface area contributed by atoms with Crippen molar-refractivity contribution in [2.24, 2.45) is 0 Å². The summed E-state index contributed by atoms with van der Waals surface area (Å²) in [7, 11) is 0. The summed E-state index contributed by atoms with van der Waals surface area (Å²) < 4.78 is 2.32. The van der Waals surface area contributed by atoms with E-state index >= 15 is 0 Å². The third-order valence-corrected chi connectivity index (χ3v) is 4.65. The molecule has 21 heavy (non-hydrogen) atoms. The number of rotatable bonds is 2. The van der Waals surface area contributed by atoms with Gasteiger partial charge in [0.05, 0.1) is 6.54 Å². The molecule has 2 heterocycles. The molecule has 0 unspecified atom stereocenters. The summed E-state index contributed by atoms with van der Waals surface area (Å²) >= 11 is 0. The van der Waals surface area contributed by atoms with E-state index in [1.807, 2.05) is 0 Å². The van der Waals surface area contributed by atoms with Crippen LogP contribution in [-0.4, -0.2) is 21.3 Å². The number of hydrogen-bond acceptors (Lipinski definition) is 2. The molecule has 4 N–H and O–H groups in total. The molecular weight excluding hydrogens is 264 g/mol. The summed E-state index contributed by atoms with van der Waals surface area (Å²) in [5.74, 6) is -0.0493. The van der Waals surface area contributed by atoms with Crippen molar-refractivity contribution in [2.75, 3.05) is 6.54 Å². The van der Waals surface area contributed by atoms with Crippen molar-refractivity contribution in [3.05, 3.63) is 46.3 Å². The zero-order chi connectivity index (χ0) is 15.1. The van der Waals surface area contributed by atoms with E-state index in [4.69, 9.17) is 0 Å². The van der Waals surface area contributed by atoms with Crippen LogP contribution in [0.25, 0.3) is 0 Å². The van der Waals surface area contributed by atoms with Crippen molar-refractivity contribution in [1.82, 2.24) is 4.57 Å². The summed E-state index contributed by atoms with van der Waals surface area (Å²) in [5.41, 5.74) is 6.12. The first-order chi connectivity index (χ1) is 10.0. The van der Waals surface area contributed by atoms with E-state index < -0.39 is 0 Å². The number of aromatic hydroxyl groups is 2. The maximum Gasteiger partial charge on any atom is 0.157 e. The van der Waals surface area contributed by atoms with Crippen LogP contribution in [0.5, 0.6) is 11.5 Å². The molecule has 3 rings (SSSR count). The van der Waals surface area contributed by atoms with Gasteiger partial charge in [-0.15, -0.1) is 0 Å². The molecule has 0 bridgehead atoms. The summed E-state index contributed by atoms with van der Waals surface area (Å²) in [6, 6.07) is 5.89. The molecule has 112 valence electrons. The largest absolute Gasteiger partial charge is 0.504 e. The maximum atomic E-state index is 9.85. The van der Waals surface area contributed by atoms with Gasteiger partial charge in [-0.2, -0.15) is 0 Å². The zero-order valence-corrected chi connectivity index (χ0v) is 12.8. The monoisotopic (exact) mass is 287 g/mol. The second-order valence-corrected chi connectivity index (χ2v) is 5.86. The average Bonchev–Trinajstić information content (AvgIpc) is 2.74. The minimum absolute atomic E-state index is 0.0200. The molecule has 0 aliphatic carbocycles. The molecule has 1 aromatic heterocycles. The number of hydrogen-bond donors (Lipinski definition) is 3. The Hall–Kier alpha value is -1.94. The molecule has 0 radical (unpaired) electrons. The minimum Gasteiger partial charge on any atom is -0.504 e. The van der Waals surface area contributed by atoms with Gasteiger partial charge in [0.1, 0.15) is 6.04 Å². The smallest absolute Gasteiger partial charge is 0.157 e. The van der Waals surface area contributed by atoms with Crippen molar-refractivity contribution in [3.63, 3.8) is 0 Å². The average molecular weight is 287 g/mol. The molecule has 1 atom stereocenters. The van der Waals surface area contributed by atoms with Gasteiger partial charge in [0.2, 0.25) is 0 Å². The van der Waals surface area contributed by atoms with Crippen LogP contribution in [0.3, 0.4) is 0 Å². The fourth-order valence-electron chi connectivity index (χ4n) is 3.60. The second-order valence-electron chi connectivity index (χ2n) is 5.86. The molecule has 4 nitrogen and oxygen atoms in total. The maximum absolute atomic E-state index is 9.85. The van der Waals surface area contributed by atoms with Crippen LogP contribution < -0.4 is 5.32 Å². The number of aryl methyl sites for hydroxylation is 1. The molecule has 1 aromatic carbocycles. The number of fused-ring (bicyclic) bond motifs is 1. The lowest BCUT2D eigenvalue weighted by Crippen LogP contribution is -2.87. The van der Waals surface area contributed by atoms with Crippen LogP contribution in [0.15, 0.2) is 18.2 Å². The first kappa shape index (κ1) is 14.0. The fraction of sp³-hybridized carbons (Fsp3) is 0.412. The number of phenolic OH excluding ortho intramolecular Hbond substituents is 2. The number of benzene rings is 1. The molecule has 0 fully saturated rings. The van der Waals surface area contributed by atoms with Gasteiger partial charge < -0.3 is 20.1 Å². The molecule has 2 aromatic rings. The van der Waals surface area contributed by atoms with Crippen molar-refractivity contribution in [1.29, 1.82) is 0 Å². The van der Waals surface area contributed by atoms with Crippen molar-refractivity contribution >= 4 is 0 Å². The number of nitrogens with two attached hydrogens (primary N) is 1. The fourth-order valence-corrected chi connectivity index (χ4v) is 3.60. The Labute approximate surface area is 125 Å². The summed E-state index contributed by atoms with van der Waals surface area (Å²) in [5, 5.41) is 21.9. The normalized spacial score (nSPS) is 17.8. The lowest BCUT2D eigenvalue weighted by atomic mass is 9.89. The molecule has 0 saturated heterocycles. The van der Waals surface area contributed by atoms with Gasteiger partial charge in [0.25, 0.3) is 0 Å². The number of phenols is 2. The first-order valence-electron chi connectivity index (χ1n) is 7.57. The van der Waals surface area contributed by atoms with Gasteiger partial charge in [-0.25, -0.2) is 0 Å². The minimum atomic E-state index is -0.0293. The van der Waals surface area contributed by atoms with Crippen LogP contribution in [0.4, 0.5) is 0 Å². The first-order valence-corrected chi connectivity index (χ1v) is 7.57. The number of aromatic nitrogens is 1. The van der Waals surface area contributed by atoms with Gasteiger partial charge in [-0.05, 0) is 44.5 Å². The van der Waals surface area contributed by atoms with Gasteiger partial charge in [0, 0.05) is 35.5 Å². The van der Waals surface area contributed by atoms with Crippen LogP contribution in [-0.2, 0) is 13.0 Å². The van der Waals surface area contributed by atoms with Gasteiger partial charge in [0.15, 0.2) is 11.5 Å². The number of nitrogens with zero attached hydrogens (tertiary/aromatic N) is 1. The Morgan fingerprint density at radius 2 is 1.86 bits per heavy atom. The van der Waals surface area contributed by atoms with E-state index in [2.05, 4.69) is 36.7 Å². The van der Waals surface area contributed by atoms with Crippen LogP contribution >= 0.6 is 0 Å². The van der Waals surface area contributed by atoms with E-state index in [0.717, 1.165) is 30.6 Å². The van der Waals surface area contributed by atoms with Crippen molar-refractivity contribution in [2.45, 2.75) is 39.8 Å². The molecule has 4 heteroatoms. The summed E-state index contributed by atoms with van der Waals surface area (Å²) in [6.45, 7) is 8.42. The zero-order valence-electron chi connectivity index (χ0n) is 12.8. The third-order valence-electron chi connectivity index (χ3n) is 4.65. The van der Waals surface area contributed by atoms with E-state index in [9.17, 15) is 10.2 Å². The van der Waals surface area contributed by atoms with Crippen LogP contribution in [0, 0.1) is 13.8 Å². The van der Waals surface area contributed by atoms with E-state index in [1.54, 1.807) is 12.1 Å². The van der Waals surface area contributed by atoms with E-state index in [1.165, 1.54) is 17.0 Å². The van der Waals surface area contributed by atoms with Crippen LogP contribution in [0.2, 0.25) is 0 Å². The molecule has 1 aliphatic heterocycles. The molecular formula is C17H23N2O2+. The Balaban J connectivity index is 2.12. The highest BCUT2D eigenvalue weighted by Gasteiger charge is 2.29. The lowest BCUT2D eigenvalue weighted by molar-refractivity contribution is -0.690. The number of quaternary nitrogens is 1. The Morgan fingerprint density at radius 3 is 2.52 bits per heavy atom. The lowest BCUT2D eigenvalue weighted by Gasteiger charge is -2.24. The third kappa shape index (κ3) is 2.20. The van der Waals surface area contributed by atoms with Crippen molar-refractivity contribution in [3.8, 4) is 11.5 Å².